The molecule has 0 fully saturated rings. The van der Waals surface area contributed by atoms with Crippen LogP contribution in [-0.2, 0) is 0 Å². The number of amides is 1. The minimum absolute atomic E-state index is 0.489. The van der Waals surface area contributed by atoms with Gasteiger partial charge in [-0.15, -0.1) is 11.3 Å². The Morgan fingerprint density at radius 3 is 2.59 bits per heavy atom. The van der Waals surface area contributed by atoms with Crippen LogP contribution in [0.5, 0.6) is 0 Å². The van der Waals surface area contributed by atoms with Crippen molar-refractivity contribution in [3.63, 3.8) is 0 Å². The molecule has 2 heterocycles. The number of carbonyl (C=O) groups is 1. The van der Waals surface area contributed by atoms with Gasteiger partial charge in [0.1, 0.15) is 23.0 Å². The molecule has 0 radical (unpaired) electrons. The number of benzene rings is 1. The highest BCUT2D eigenvalue weighted by molar-refractivity contribution is 7.17. The number of allylic oxidation sites excluding steroid dienone is 4. The van der Waals surface area contributed by atoms with E-state index in [1.165, 1.54) is 23.8 Å². The molecule has 3 rings (SSSR count). The maximum Gasteiger partial charge on any atom is 0.262 e. The van der Waals surface area contributed by atoms with Crippen molar-refractivity contribution >= 4 is 33.4 Å². The van der Waals surface area contributed by atoms with Crippen LogP contribution in [0.4, 0.5) is 13.8 Å². The number of thiophene rings is 1. The maximum absolute atomic E-state index is 13.7. The molecule has 0 unspecified atom stereocenters. The van der Waals surface area contributed by atoms with E-state index in [4.69, 9.17) is 4.42 Å². The van der Waals surface area contributed by atoms with Gasteiger partial charge < -0.3 is 9.73 Å². The lowest BCUT2D eigenvalue weighted by Crippen LogP contribution is -2.14. The van der Waals surface area contributed by atoms with Crippen LogP contribution >= 0.6 is 11.3 Å². The second kappa shape index (κ2) is 8.09. The molecule has 4 nitrogen and oxygen atoms in total. The Hall–Kier alpha value is -3.06. The number of nitrogens with one attached hydrogen (secondary N) is 1. The van der Waals surface area contributed by atoms with Crippen molar-refractivity contribution in [1.29, 1.82) is 0 Å². The molecule has 0 atom stereocenters. The second-order valence-electron chi connectivity index (χ2n) is 5.65. The molecule has 2 aromatic heterocycles. The predicted octanol–water partition coefficient (Wildman–Crippen LogP) is 5.77. The molecule has 7 heteroatoms. The number of nitrogens with zero attached hydrogens (tertiary/aromatic N) is 1. The zero-order valence-corrected chi connectivity index (χ0v) is 15.4. The molecule has 0 aliphatic carbocycles. The zero-order valence-electron chi connectivity index (χ0n) is 14.6. The highest BCUT2D eigenvalue weighted by atomic mass is 32.1. The fraction of sp³-hybridized carbons (Fsp3) is 0.100. The topological polar surface area (TPSA) is 55.1 Å². The quantitative estimate of drug-likeness (QED) is 0.566. The SMILES string of the molecule is C/C=C(\C=C(/C)c1cnco1)c1ccc(NC(=O)c2c(F)cccc2F)s1. The predicted molar refractivity (Wildman–Crippen MR) is 102 cm³/mol. The largest absolute Gasteiger partial charge is 0.444 e. The average Bonchev–Trinajstić information content (AvgIpc) is 3.31. The van der Waals surface area contributed by atoms with Gasteiger partial charge in [-0.1, -0.05) is 12.1 Å². The van der Waals surface area contributed by atoms with E-state index >= 15 is 0 Å². The van der Waals surface area contributed by atoms with Gasteiger partial charge in [-0.05, 0) is 55.3 Å². The van der Waals surface area contributed by atoms with Crippen LogP contribution in [0.2, 0.25) is 0 Å². The van der Waals surface area contributed by atoms with Crippen LogP contribution in [0.1, 0.15) is 34.8 Å². The Morgan fingerprint density at radius 1 is 1.22 bits per heavy atom. The summed E-state index contributed by atoms with van der Waals surface area (Å²) in [5, 5.41) is 3.03. The van der Waals surface area contributed by atoms with Gasteiger partial charge in [0.05, 0.1) is 11.2 Å². The van der Waals surface area contributed by atoms with E-state index in [0.29, 0.717) is 10.8 Å². The molecular formula is C20H16F2N2O2S. The first-order chi connectivity index (χ1) is 13.0. The molecule has 0 aliphatic heterocycles. The molecular weight excluding hydrogens is 370 g/mol. The van der Waals surface area contributed by atoms with Crippen LogP contribution in [-0.4, -0.2) is 10.9 Å². The average molecular weight is 386 g/mol. The summed E-state index contributed by atoms with van der Waals surface area (Å²) < 4.78 is 32.8. The molecule has 0 spiro atoms. The Bertz CT molecular complexity index is 1000. The fourth-order valence-corrected chi connectivity index (χ4v) is 3.41. The van der Waals surface area contributed by atoms with E-state index in [0.717, 1.165) is 28.2 Å². The number of rotatable bonds is 5. The molecule has 27 heavy (non-hydrogen) atoms. The summed E-state index contributed by atoms with van der Waals surface area (Å²) >= 11 is 1.30. The van der Waals surface area contributed by atoms with E-state index < -0.39 is 23.1 Å². The van der Waals surface area contributed by atoms with Gasteiger partial charge in [0, 0.05) is 4.88 Å². The molecule has 138 valence electrons. The zero-order chi connectivity index (χ0) is 19.4. The summed E-state index contributed by atoms with van der Waals surface area (Å²) in [5.41, 5.74) is 1.22. The van der Waals surface area contributed by atoms with E-state index in [1.54, 1.807) is 12.3 Å². The Kier molecular flexibility index (Phi) is 5.61. The number of oxazole rings is 1. The van der Waals surface area contributed by atoms with Crippen LogP contribution in [0.25, 0.3) is 11.1 Å². The highest BCUT2D eigenvalue weighted by Crippen LogP contribution is 2.31. The summed E-state index contributed by atoms with van der Waals surface area (Å²) in [6.45, 7) is 3.80. The van der Waals surface area contributed by atoms with Gasteiger partial charge >= 0.3 is 0 Å². The van der Waals surface area contributed by atoms with Crippen molar-refractivity contribution in [2.24, 2.45) is 0 Å². The summed E-state index contributed by atoms with van der Waals surface area (Å²) in [6.07, 6.45) is 6.85. The molecule has 1 aromatic carbocycles. The number of anilines is 1. The van der Waals surface area contributed by atoms with Gasteiger partial charge in [0.2, 0.25) is 0 Å². The monoisotopic (exact) mass is 386 g/mol. The van der Waals surface area contributed by atoms with Crippen molar-refractivity contribution in [2.75, 3.05) is 5.32 Å². The Labute approximate surface area is 158 Å². The van der Waals surface area contributed by atoms with Crippen molar-refractivity contribution in [3.8, 4) is 0 Å². The summed E-state index contributed by atoms with van der Waals surface area (Å²) in [5.74, 6) is -1.96. The lowest BCUT2D eigenvalue weighted by Gasteiger charge is -2.05. The van der Waals surface area contributed by atoms with Gasteiger partial charge in [-0.25, -0.2) is 13.8 Å². The van der Waals surface area contributed by atoms with Gasteiger partial charge in [-0.3, -0.25) is 4.79 Å². The first kappa shape index (κ1) is 18.7. The number of halogens is 2. The van der Waals surface area contributed by atoms with E-state index in [2.05, 4.69) is 10.3 Å². The minimum Gasteiger partial charge on any atom is -0.444 e. The lowest BCUT2D eigenvalue weighted by atomic mass is 10.1. The third-order valence-corrected chi connectivity index (χ3v) is 4.87. The minimum atomic E-state index is -0.899. The van der Waals surface area contributed by atoms with Crippen molar-refractivity contribution < 1.29 is 18.0 Å². The van der Waals surface area contributed by atoms with E-state index in [1.807, 2.05) is 32.1 Å². The number of hydrogen-bond donors (Lipinski definition) is 1. The van der Waals surface area contributed by atoms with Crippen LogP contribution in [0.3, 0.4) is 0 Å². The summed E-state index contributed by atoms with van der Waals surface area (Å²) in [7, 11) is 0. The van der Waals surface area contributed by atoms with Crippen molar-refractivity contribution in [1.82, 2.24) is 4.98 Å². The van der Waals surface area contributed by atoms with Crippen LogP contribution in [0, 0.1) is 11.6 Å². The third kappa shape index (κ3) is 4.20. The standard InChI is InChI=1S/C20H16F2N2O2S/c1-3-13(9-12(2)16-10-23-11-26-16)17-7-8-18(27-17)24-20(25)19-14(21)5-4-6-15(19)22/h3-11H,1-2H3,(H,24,25)/b12-9+,13-3+. The fourth-order valence-electron chi connectivity index (χ4n) is 2.46. The van der Waals surface area contributed by atoms with Crippen molar-refractivity contribution in [3.05, 3.63) is 82.9 Å². The van der Waals surface area contributed by atoms with Crippen LogP contribution in [0.15, 0.2) is 59.5 Å². The van der Waals surface area contributed by atoms with Gasteiger partial charge in [0.25, 0.3) is 5.91 Å². The molecule has 0 saturated carbocycles. The number of hydrogen-bond acceptors (Lipinski definition) is 4. The van der Waals surface area contributed by atoms with Gasteiger partial charge in [0.15, 0.2) is 6.39 Å². The molecule has 0 bridgehead atoms. The Balaban J connectivity index is 1.80. The third-order valence-electron chi connectivity index (χ3n) is 3.82. The van der Waals surface area contributed by atoms with E-state index in [-0.39, 0.29) is 0 Å². The van der Waals surface area contributed by atoms with Crippen LogP contribution < -0.4 is 5.32 Å². The summed E-state index contributed by atoms with van der Waals surface area (Å²) in [4.78, 5) is 17.0. The Morgan fingerprint density at radius 2 is 1.96 bits per heavy atom. The summed E-state index contributed by atoms with van der Waals surface area (Å²) in [6, 6.07) is 6.83. The highest BCUT2D eigenvalue weighted by Gasteiger charge is 2.18. The first-order valence-corrected chi connectivity index (χ1v) is 8.90. The number of carbonyl (C=O) groups excluding carboxylic acids is 1. The molecule has 0 saturated heterocycles. The normalized spacial score (nSPS) is 12.3. The maximum atomic E-state index is 13.7. The molecule has 1 amide bonds. The van der Waals surface area contributed by atoms with E-state index in [9.17, 15) is 13.6 Å². The van der Waals surface area contributed by atoms with Crippen molar-refractivity contribution in [2.45, 2.75) is 13.8 Å². The lowest BCUT2D eigenvalue weighted by molar-refractivity contribution is 0.101. The molecule has 0 aliphatic rings. The smallest absolute Gasteiger partial charge is 0.262 e. The first-order valence-electron chi connectivity index (χ1n) is 8.08. The second-order valence-corrected chi connectivity index (χ2v) is 6.74. The van der Waals surface area contributed by atoms with Gasteiger partial charge in [-0.2, -0.15) is 0 Å². The molecule has 1 N–H and O–H groups in total. The molecule has 3 aromatic rings. The number of aromatic nitrogens is 1.